The number of rotatable bonds is 6. The minimum atomic E-state index is -0.377. The number of piperazine rings is 1. The van der Waals surface area contributed by atoms with Crippen LogP contribution < -0.4 is 0 Å². The predicted molar refractivity (Wildman–Crippen MR) is 117 cm³/mol. The van der Waals surface area contributed by atoms with Crippen LogP contribution >= 0.6 is 0 Å². The molecule has 31 heavy (non-hydrogen) atoms. The van der Waals surface area contributed by atoms with E-state index in [2.05, 4.69) is 14.8 Å². The number of nitro benzene ring substituents is 1. The lowest BCUT2D eigenvalue weighted by atomic mass is 9.94. The molecule has 8 nitrogen and oxygen atoms in total. The van der Waals surface area contributed by atoms with Crippen LogP contribution in [-0.4, -0.2) is 69.8 Å². The molecule has 4 rings (SSSR count). The second-order valence-corrected chi connectivity index (χ2v) is 8.43. The van der Waals surface area contributed by atoms with E-state index >= 15 is 0 Å². The first-order chi connectivity index (χ1) is 15.1. The molecule has 1 amide bonds. The minimum Gasteiger partial charge on any atom is -0.340 e. The quantitative estimate of drug-likeness (QED) is 0.525. The molecule has 2 aromatic rings. The van der Waals surface area contributed by atoms with Crippen molar-refractivity contribution >= 4 is 11.6 Å². The maximum atomic E-state index is 13.0. The number of piperidine rings is 1. The summed E-state index contributed by atoms with van der Waals surface area (Å²) in [7, 11) is 0. The lowest BCUT2D eigenvalue weighted by Gasteiger charge is -2.38. The van der Waals surface area contributed by atoms with Crippen molar-refractivity contribution in [3.8, 4) is 0 Å². The van der Waals surface area contributed by atoms with E-state index in [9.17, 15) is 14.9 Å². The number of aromatic nitrogens is 1. The van der Waals surface area contributed by atoms with Crippen LogP contribution in [0.5, 0.6) is 0 Å². The van der Waals surface area contributed by atoms with Crippen molar-refractivity contribution in [3.63, 3.8) is 0 Å². The highest BCUT2D eigenvalue weighted by atomic mass is 16.6. The summed E-state index contributed by atoms with van der Waals surface area (Å²) < 4.78 is 0. The van der Waals surface area contributed by atoms with Crippen molar-refractivity contribution in [1.82, 2.24) is 19.7 Å². The minimum absolute atomic E-state index is 0.117. The van der Waals surface area contributed by atoms with Gasteiger partial charge in [-0.25, -0.2) is 0 Å². The molecular formula is C23H29N5O3. The first kappa shape index (κ1) is 21.4. The summed E-state index contributed by atoms with van der Waals surface area (Å²) in [5, 5.41) is 10.8. The smallest absolute Gasteiger partial charge is 0.269 e. The Labute approximate surface area is 182 Å². The number of benzene rings is 1. The predicted octanol–water partition coefficient (Wildman–Crippen LogP) is 2.55. The number of nitrogens with zero attached hydrogens (tertiary/aromatic N) is 5. The van der Waals surface area contributed by atoms with Gasteiger partial charge in [0.15, 0.2) is 0 Å². The van der Waals surface area contributed by atoms with E-state index in [1.165, 1.54) is 5.56 Å². The van der Waals surface area contributed by atoms with Crippen LogP contribution in [0.1, 0.15) is 24.0 Å². The number of carbonyl (C=O) groups excluding carboxylic acids is 1. The Morgan fingerprint density at radius 2 is 1.42 bits per heavy atom. The van der Waals surface area contributed by atoms with Gasteiger partial charge in [0, 0.05) is 69.7 Å². The largest absolute Gasteiger partial charge is 0.340 e. The molecule has 0 saturated carbocycles. The van der Waals surface area contributed by atoms with Crippen molar-refractivity contribution in [3.05, 3.63) is 70.0 Å². The molecule has 0 radical (unpaired) electrons. The van der Waals surface area contributed by atoms with Crippen molar-refractivity contribution < 1.29 is 9.72 Å². The molecular weight excluding hydrogens is 394 g/mol. The van der Waals surface area contributed by atoms with E-state index in [1.54, 1.807) is 12.1 Å². The van der Waals surface area contributed by atoms with Gasteiger partial charge in [-0.2, -0.15) is 0 Å². The summed E-state index contributed by atoms with van der Waals surface area (Å²) in [5.41, 5.74) is 2.45. The highest BCUT2D eigenvalue weighted by Crippen LogP contribution is 2.22. The summed E-state index contributed by atoms with van der Waals surface area (Å²) in [6.07, 6.45) is 5.50. The Balaban J connectivity index is 1.20. The average molecular weight is 424 g/mol. The van der Waals surface area contributed by atoms with Gasteiger partial charge in [-0.3, -0.25) is 29.7 Å². The van der Waals surface area contributed by atoms with Gasteiger partial charge in [-0.15, -0.1) is 0 Å². The number of likely N-dealkylation sites (tertiary alicyclic amines) is 1. The van der Waals surface area contributed by atoms with Crippen molar-refractivity contribution in [2.75, 3.05) is 39.3 Å². The van der Waals surface area contributed by atoms with Crippen LogP contribution in [0.4, 0.5) is 5.69 Å². The number of pyridine rings is 1. The lowest BCUT2D eigenvalue weighted by Crippen LogP contribution is -2.51. The van der Waals surface area contributed by atoms with Crippen LogP contribution in [0.25, 0.3) is 0 Å². The van der Waals surface area contributed by atoms with Crippen molar-refractivity contribution in [1.29, 1.82) is 0 Å². The number of amides is 1. The van der Waals surface area contributed by atoms with Gasteiger partial charge in [0.1, 0.15) is 0 Å². The summed E-state index contributed by atoms with van der Waals surface area (Å²) in [4.78, 5) is 34.2. The number of hydrogen-bond acceptors (Lipinski definition) is 6. The van der Waals surface area contributed by atoms with E-state index in [4.69, 9.17) is 0 Å². The Morgan fingerprint density at radius 1 is 0.871 bits per heavy atom. The summed E-state index contributed by atoms with van der Waals surface area (Å²) in [5.74, 6) is 0.438. The second-order valence-electron chi connectivity index (χ2n) is 8.43. The normalized spacial score (nSPS) is 18.8. The highest BCUT2D eigenvalue weighted by Gasteiger charge is 2.30. The third-order valence-corrected chi connectivity index (χ3v) is 6.33. The number of carbonyl (C=O) groups is 1. The van der Waals surface area contributed by atoms with E-state index < -0.39 is 0 Å². The molecule has 2 aliphatic heterocycles. The Kier molecular flexibility index (Phi) is 6.89. The van der Waals surface area contributed by atoms with Crippen LogP contribution in [0.15, 0.2) is 48.8 Å². The topological polar surface area (TPSA) is 82.8 Å². The van der Waals surface area contributed by atoms with Gasteiger partial charge in [-0.05, 0) is 49.2 Å². The summed E-state index contributed by atoms with van der Waals surface area (Å²) >= 11 is 0. The number of non-ortho nitro benzene ring substituents is 1. The van der Waals surface area contributed by atoms with Crippen molar-refractivity contribution in [2.45, 2.75) is 25.9 Å². The molecule has 0 spiro atoms. The van der Waals surface area contributed by atoms with Crippen molar-refractivity contribution in [2.24, 2.45) is 5.92 Å². The molecule has 0 N–H and O–H groups in total. The van der Waals surface area contributed by atoms with Gasteiger partial charge >= 0.3 is 0 Å². The van der Waals surface area contributed by atoms with Crippen LogP contribution in [-0.2, 0) is 17.9 Å². The zero-order chi connectivity index (χ0) is 21.6. The molecule has 2 aliphatic rings. The third-order valence-electron chi connectivity index (χ3n) is 6.33. The first-order valence-electron chi connectivity index (χ1n) is 10.9. The third kappa shape index (κ3) is 5.65. The van der Waals surface area contributed by atoms with Crippen LogP contribution in [0.2, 0.25) is 0 Å². The molecule has 1 aromatic carbocycles. The monoisotopic (exact) mass is 423 g/mol. The molecule has 0 unspecified atom stereocenters. The summed E-state index contributed by atoms with van der Waals surface area (Å²) in [6.45, 7) is 6.77. The molecule has 0 bridgehead atoms. The highest BCUT2D eigenvalue weighted by molar-refractivity contribution is 5.79. The van der Waals surface area contributed by atoms with Gasteiger partial charge in [0.05, 0.1) is 4.92 Å². The fourth-order valence-electron chi connectivity index (χ4n) is 4.45. The fourth-order valence-corrected chi connectivity index (χ4v) is 4.45. The summed E-state index contributed by atoms with van der Waals surface area (Å²) in [6, 6.07) is 10.8. The van der Waals surface area contributed by atoms with E-state index in [1.807, 2.05) is 41.6 Å². The maximum Gasteiger partial charge on any atom is 0.269 e. The molecule has 164 valence electrons. The molecule has 2 saturated heterocycles. The Bertz CT molecular complexity index is 874. The Hall–Kier alpha value is -2.84. The average Bonchev–Trinajstić information content (AvgIpc) is 2.81. The number of hydrogen-bond donors (Lipinski definition) is 0. The SMILES string of the molecule is O=C(C1CCN(Cc2ccncc2)CC1)N1CCN(Cc2ccc([N+](=O)[O-])cc2)CC1. The van der Waals surface area contributed by atoms with Gasteiger partial charge in [0.2, 0.25) is 5.91 Å². The van der Waals surface area contributed by atoms with Crippen LogP contribution in [0, 0.1) is 16.0 Å². The van der Waals surface area contributed by atoms with Gasteiger partial charge in [0.25, 0.3) is 5.69 Å². The molecule has 1 aromatic heterocycles. The molecule has 0 atom stereocenters. The zero-order valence-corrected chi connectivity index (χ0v) is 17.7. The molecule has 3 heterocycles. The second kappa shape index (κ2) is 9.98. The zero-order valence-electron chi connectivity index (χ0n) is 17.7. The standard InChI is InChI=1S/C23H29N5O3/c29-23(21-7-11-25(12-8-21)18-20-5-9-24-10-6-20)27-15-13-26(14-16-27)17-19-1-3-22(4-2-19)28(30)31/h1-6,9-10,21H,7-8,11-18H2. The maximum absolute atomic E-state index is 13.0. The van der Waals surface area contributed by atoms with E-state index in [0.29, 0.717) is 5.91 Å². The van der Waals surface area contributed by atoms with Gasteiger partial charge < -0.3 is 4.90 Å². The fraction of sp³-hybridized carbons (Fsp3) is 0.478. The number of nitro groups is 1. The van der Waals surface area contributed by atoms with E-state index in [-0.39, 0.29) is 16.5 Å². The van der Waals surface area contributed by atoms with E-state index in [0.717, 1.165) is 70.8 Å². The first-order valence-corrected chi connectivity index (χ1v) is 10.9. The molecule has 0 aliphatic carbocycles. The molecule has 8 heteroatoms. The lowest BCUT2D eigenvalue weighted by molar-refractivity contribution is -0.384. The van der Waals surface area contributed by atoms with Gasteiger partial charge in [-0.1, -0.05) is 12.1 Å². The Morgan fingerprint density at radius 3 is 2.00 bits per heavy atom. The molecule has 2 fully saturated rings. The van der Waals surface area contributed by atoms with Crippen LogP contribution in [0.3, 0.4) is 0 Å².